The van der Waals surface area contributed by atoms with Crippen molar-refractivity contribution in [2.24, 2.45) is 4.99 Å². The van der Waals surface area contributed by atoms with Crippen molar-refractivity contribution in [3.8, 4) is 0 Å². The molecule has 2 aromatic rings. The summed E-state index contributed by atoms with van der Waals surface area (Å²) in [6.07, 6.45) is 3.01. The van der Waals surface area contributed by atoms with Crippen LogP contribution in [0.2, 0.25) is 5.02 Å². The van der Waals surface area contributed by atoms with Gasteiger partial charge in [0.1, 0.15) is 0 Å². The molecular formula is C11H12ClN5O. The number of nitrogens with one attached hydrogen (secondary N) is 1. The minimum Gasteiger partial charge on any atom is -0.396 e. The number of nitrogens with two attached hydrogens (primary N) is 1. The second-order valence-electron chi connectivity index (χ2n) is 3.60. The number of hydrogen-bond donors (Lipinski definition) is 3. The van der Waals surface area contributed by atoms with Gasteiger partial charge < -0.3 is 5.73 Å². The molecule has 0 bridgehead atoms. The van der Waals surface area contributed by atoms with Crippen LogP contribution in [-0.2, 0) is 6.54 Å². The summed E-state index contributed by atoms with van der Waals surface area (Å²) >= 11 is 5.87. The van der Waals surface area contributed by atoms with Crippen molar-refractivity contribution < 1.29 is 5.21 Å². The molecule has 0 aliphatic carbocycles. The molecule has 2 rings (SSSR count). The lowest BCUT2D eigenvalue weighted by atomic mass is 10.2. The van der Waals surface area contributed by atoms with Crippen LogP contribution in [0.3, 0.4) is 0 Å². The Balaban J connectivity index is 2.16. The van der Waals surface area contributed by atoms with Gasteiger partial charge in [-0.25, -0.2) is 15.2 Å². The topological polar surface area (TPSA) is 88.5 Å². The van der Waals surface area contributed by atoms with Crippen LogP contribution in [0.1, 0.15) is 5.56 Å². The Morgan fingerprint density at radius 3 is 3.00 bits per heavy atom. The predicted octanol–water partition coefficient (Wildman–Crippen LogP) is 1.50. The van der Waals surface area contributed by atoms with Gasteiger partial charge in [-0.15, -0.1) is 0 Å². The van der Waals surface area contributed by atoms with Crippen molar-refractivity contribution in [3.05, 3.63) is 47.2 Å². The summed E-state index contributed by atoms with van der Waals surface area (Å²) in [6.45, 7) is 0.364. The molecule has 7 heteroatoms. The van der Waals surface area contributed by atoms with Gasteiger partial charge in [-0.1, -0.05) is 23.7 Å². The van der Waals surface area contributed by atoms with Crippen molar-refractivity contribution >= 4 is 23.2 Å². The van der Waals surface area contributed by atoms with Crippen LogP contribution in [0.25, 0.3) is 0 Å². The molecule has 4 N–H and O–H groups in total. The molecule has 0 radical (unpaired) electrons. The molecule has 0 saturated carbocycles. The summed E-state index contributed by atoms with van der Waals surface area (Å²) in [5.74, 6) is 0.187. The lowest BCUT2D eigenvalue weighted by Gasteiger charge is -2.04. The van der Waals surface area contributed by atoms with Gasteiger partial charge in [0.2, 0.25) is 5.96 Å². The van der Waals surface area contributed by atoms with E-state index < -0.39 is 0 Å². The zero-order valence-corrected chi connectivity index (χ0v) is 10.2. The number of hydrogen-bond acceptors (Lipinski definition) is 4. The highest BCUT2D eigenvalue weighted by Gasteiger charge is 2.02. The summed E-state index contributed by atoms with van der Waals surface area (Å²) < 4.78 is 1.35. The first-order valence-corrected chi connectivity index (χ1v) is 5.56. The third kappa shape index (κ3) is 2.99. The van der Waals surface area contributed by atoms with Crippen LogP contribution < -0.4 is 11.2 Å². The molecule has 1 aromatic heterocycles. The largest absolute Gasteiger partial charge is 0.396 e. The van der Waals surface area contributed by atoms with Gasteiger partial charge in [0.05, 0.1) is 24.6 Å². The van der Waals surface area contributed by atoms with E-state index in [4.69, 9.17) is 22.5 Å². The van der Waals surface area contributed by atoms with Crippen molar-refractivity contribution in [2.45, 2.75) is 6.54 Å². The molecule has 0 aliphatic rings. The average Bonchev–Trinajstić information content (AvgIpc) is 2.77. The SMILES string of the molecule is Nc1cnn(C(=NCc2cccc(Cl)c2)NO)c1. The fourth-order valence-electron chi connectivity index (χ4n) is 1.41. The van der Waals surface area contributed by atoms with Crippen LogP contribution in [0.15, 0.2) is 41.7 Å². The van der Waals surface area contributed by atoms with Gasteiger partial charge in [0, 0.05) is 5.02 Å². The van der Waals surface area contributed by atoms with E-state index >= 15 is 0 Å². The maximum absolute atomic E-state index is 9.01. The van der Waals surface area contributed by atoms with Gasteiger partial charge in [0.25, 0.3) is 0 Å². The van der Waals surface area contributed by atoms with Gasteiger partial charge in [-0.2, -0.15) is 5.10 Å². The van der Waals surface area contributed by atoms with Crippen molar-refractivity contribution in [1.82, 2.24) is 15.3 Å². The van der Waals surface area contributed by atoms with E-state index in [2.05, 4.69) is 10.1 Å². The number of rotatable bonds is 2. The maximum Gasteiger partial charge on any atom is 0.243 e. The number of hydroxylamine groups is 1. The summed E-state index contributed by atoms with van der Waals surface area (Å²) in [5.41, 5.74) is 8.92. The monoisotopic (exact) mass is 265 g/mol. The Morgan fingerprint density at radius 1 is 1.56 bits per heavy atom. The highest BCUT2D eigenvalue weighted by atomic mass is 35.5. The Labute approximate surface area is 109 Å². The molecule has 0 atom stereocenters. The number of aromatic nitrogens is 2. The smallest absolute Gasteiger partial charge is 0.243 e. The molecule has 0 unspecified atom stereocenters. The number of anilines is 1. The zero-order chi connectivity index (χ0) is 13.0. The molecular weight excluding hydrogens is 254 g/mol. The molecule has 0 amide bonds. The molecule has 0 aliphatic heterocycles. The van der Waals surface area contributed by atoms with Crippen LogP contribution in [0.5, 0.6) is 0 Å². The number of nitrogens with zero attached hydrogens (tertiary/aromatic N) is 3. The minimum atomic E-state index is 0.187. The maximum atomic E-state index is 9.01. The van der Waals surface area contributed by atoms with Crippen molar-refractivity contribution in [3.63, 3.8) is 0 Å². The molecule has 94 valence electrons. The molecule has 6 nitrogen and oxygen atoms in total. The Kier molecular flexibility index (Phi) is 3.81. The molecule has 0 spiro atoms. The van der Waals surface area contributed by atoms with E-state index in [0.29, 0.717) is 17.3 Å². The van der Waals surface area contributed by atoms with E-state index in [0.717, 1.165) is 5.56 Å². The first-order chi connectivity index (χ1) is 8.69. The average molecular weight is 266 g/mol. The Hall–Kier alpha value is -2.05. The highest BCUT2D eigenvalue weighted by molar-refractivity contribution is 6.30. The van der Waals surface area contributed by atoms with Crippen LogP contribution in [0, 0.1) is 0 Å². The predicted molar refractivity (Wildman–Crippen MR) is 69.6 cm³/mol. The number of halogens is 1. The standard InChI is InChI=1S/C11H12ClN5O/c12-9-3-1-2-8(4-9)5-14-11(16-18)17-7-10(13)6-15-17/h1-4,6-7,18H,5,13H2,(H,14,16). The summed E-state index contributed by atoms with van der Waals surface area (Å²) in [5, 5.41) is 13.6. The molecule has 18 heavy (non-hydrogen) atoms. The third-order valence-corrected chi connectivity index (χ3v) is 2.46. The number of benzene rings is 1. The minimum absolute atomic E-state index is 0.187. The number of nitrogen functional groups attached to an aromatic ring is 1. The van der Waals surface area contributed by atoms with Crippen molar-refractivity contribution in [1.29, 1.82) is 0 Å². The van der Waals surface area contributed by atoms with E-state index in [9.17, 15) is 0 Å². The van der Waals surface area contributed by atoms with Crippen LogP contribution in [0.4, 0.5) is 5.69 Å². The lowest BCUT2D eigenvalue weighted by molar-refractivity contribution is 0.228. The molecule has 1 heterocycles. The Morgan fingerprint density at radius 2 is 2.39 bits per heavy atom. The fourth-order valence-corrected chi connectivity index (χ4v) is 1.63. The first-order valence-electron chi connectivity index (χ1n) is 5.18. The van der Waals surface area contributed by atoms with Gasteiger partial charge >= 0.3 is 0 Å². The highest BCUT2D eigenvalue weighted by Crippen LogP contribution is 2.11. The van der Waals surface area contributed by atoms with Crippen molar-refractivity contribution in [2.75, 3.05) is 5.73 Å². The van der Waals surface area contributed by atoms with E-state index in [1.54, 1.807) is 18.3 Å². The third-order valence-electron chi connectivity index (χ3n) is 2.22. The summed E-state index contributed by atoms with van der Waals surface area (Å²) in [7, 11) is 0. The quantitative estimate of drug-likeness (QED) is 0.436. The second-order valence-corrected chi connectivity index (χ2v) is 4.04. The van der Waals surface area contributed by atoms with Gasteiger partial charge in [-0.05, 0) is 17.7 Å². The Bertz CT molecular complexity index is 566. The lowest BCUT2D eigenvalue weighted by Crippen LogP contribution is -2.28. The normalized spacial score (nSPS) is 11.6. The van der Waals surface area contributed by atoms with E-state index in [-0.39, 0.29) is 5.96 Å². The van der Waals surface area contributed by atoms with E-state index in [1.807, 2.05) is 17.6 Å². The second kappa shape index (κ2) is 5.52. The summed E-state index contributed by atoms with van der Waals surface area (Å²) in [6, 6.07) is 7.32. The van der Waals surface area contributed by atoms with Gasteiger partial charge in [0.15, 0.2) is 0 Å². The zero-order valence-electron chi connectivity index (χ0n) is 9.42. The number of aliphatic imine (C=N–C) groups is 1. The van der Waals surface area contributed by atoms with E-state index in [1.165, 1.54) is 10.9 Å². The fraction of sp³-hybridized carbons (Fsp3) is 0.0909. The van der Waals surface area contributed by atoms with Crippen LogP contribution >= 0.6 is 11.6 Å². The molecule has 1 aromatic carbocycles. The first kappa shape index (κ1) is 12.4. The molecule has 0 saturated heterocycles. The summed E-state index contributed by atoms with van der Waals surface area (Å²) in [4.78, 5) is 4.18. The van der Waals surface area contributed by atoms with Crippen LogP contribution in [-0.4, -0.2) is 20.9 Å². The molecule has 0 fully saturated rings. The van der Waals surface area contributed by atoms with Gasteiger partial charge in [-0.3, -0.25) is 5.21 Å².